The van der Waals surface area contributed by atoms with Gasteiger partial charge >= 0.3 is 5.97 Å². The van der Waals surface area contributed by atoms with Gasteiger partial charge in [0.2, 0.25) is 0 Å². The highest BCUT2D eigenvalue weighted by Crippen LogP contribution is 2.22. The first-order valence-corrected chi connectivity index (χ1v) is 5.32. The normalized spacial score (nSPS) is 11.6. The lowest BCUT2D eigenvalue weighted by molar-refractivity contribution is -0.142. The van der Waals surface area contributed by atoms with Crippen molar-refractivity contribution in [1.82, 2.24) is 0 Å². The Kier molecular flexibility index (Phi) is 6.35. The first-order chi connectivity index (χ1) is 6.13. The SMILES string of the molecule is COC(=O)C(N)Cc1ccc(Br)s1.Cl. The van der Waals surface area contributed by atoms with Crippen LogP contribution in [0.4, 0.5) is 0 Å². The predicted octanol–water partition coefficient (Wildman–Crippen LogP) is 1.98. The van der Waals surface area contributed by atoms with Gasteiger partial charge in [-0.3, -0.25) is 4.79 Å². The average Bonchev–Trinajstić information content (AvgIpc) is 2.49. The predicted molar refractivity (Wildman–Crippen MR) is 63.0 cm³/mol. The Balaban J connectivity index is 0.00000169. The lowest BCUT2D eigenvalue weighted by atomic mass is 10.2. The topological polar surface area (TPSA) is 52.3 Å². The van der Waals surface area contributed by atoms with Gasteiger partial charge in [0.05, 0.1) is 10.9 Å². The molecule has 0 radical (unpaired) electrons. The molecule has 2 N–H and O–H groups in total. The van der Waals surface area contributed by atoms with Crippen LogP contribution in [0, 0.1) is 0 Å². The van der Waals surface area contributed by atoms with Crippen molar-refractivity contribution in [2.75, 3.05) is 7.11 Å². The summed E-state index contributed by atoms with van der Waals surface area (Å²) >= 11 is 4.91. The van der Waals surface area contributed by atoms with Gasteiger partial charge in [0.25, 0.3) is 0 Å². The van der Waals surface area contributed by atoms with Gasteiger partial charge in [-0.05, 0) is 28.1 Å². The molecule has 0 saturated carbocycles. The minimum atomic E-state index is -0.560. The number of nitrogens with two attached hydrogens (primary N) is 1. The van der Waals surface area contributed by atoms with Crippen LogP contribution in [0.5, 0.6) is 0 Å². The third-order valence-electron chi connectivity index (χ3n) is 1.55. The standard InChI is InChI=1S/C8H10BrNO2S.ClH/c1-12-8(11)6(10)4-5-2-3-7(9)13-5;/h2-3,6H,4,10H2,1H3;1H. The third kappa shape index (κ3) is 3.96. The van der Waals surface area contributed by atoms with Crippen molar-refractivity contribution in [2.45, 2.75) is 12.5 Å². The van der Waals surface area contributed by atoms with Crippen molar-refractivity contribution >= 4 is 45.6 Å². The number of carbonyl (C=O) groups excluding carboxylic acids is 1. The van der Waals surface area contributed by atoms with Crippen molar-refractivity contribution in [3.8, 4) is 0 Å². The van der Waals surface area contributed by atoms with Gasteiger partial charge < -0.3 is 10.5 Å². The van der Waals surface area contributed by atoms with Crippen LogP contribution in [0.15, 0.2) is 15.9 Å². The molecule has 0 aliphatic carbocycles. The van der Waals surface area contributed by atoms with Crippen LogP contribution in [0.25, 0.3) is 0 Å². The van der Waals surface area contributed by atoms with E-state index in [1.54, 1.807) is 11.3 Å². The molecular formula is C8H11BrClNO2S. The summed E-state index contributed by atoms with van der Waals surface area (Å²) in [6.45, 7) is 0. The van der Waals surface area contributed by atoms with Crippen molar-refractivity contribution in [1.29, 1.82) is 0 Å². The highest BCUT2D eigenvalue weighted by molar-refractivity contribution is 9.11. The number of methoxy groups -OCH3 is 1. The summed E-state index contributed by atoms with van der Waals surface area (Å²) < 4.78 is 5.56. The number of ether oxygens (including phenoxy) is 1. The van der Waals surface area contributed by atoms with Crippen LogP contribution in [0.2, 0.25) is 0 Å². The fourth-order valence-corrected chi connectivity index (χ4v) is 2.45. The van der Waals surface area contributed by atoms with E-state index >= 15 is 0 Å². The molecule has 0 spiro atoms. The van der Waals surface area contributed by atoms with Crippen molar-refractivity contribution in [3.63, 3.8) is 0 Å². The number of halogens is 2. The molecule has 0 amide bonds. The molecule has 0 aliphatic rings. The van der Waals surface area contributed by atoms with Crippen LogP contribution in [0.1, 0.15) is 4.88 Å². The molecule has 1 aromatic rings. The van der Waals surface area contributed by atoms with E-state index in [1.807, 2.05) is 12.1 Å². The highest BCUT2D eigenvalue weighted by atomic mass is 79.9. The maximum atomic E-state index is 11.0. The molecule has 0 bridgehead atoms. The number of esters is 1. The van der Waals surface area contributed by atoms with Crippen LogP contribution in [0.3, 0.4) is 0 Å². The maximum Gasteiger partial charge on any atom is 0.323 e. The summed E-state index contributed by atoms with van der Waals surface area (Å²) in [6, 6.07) is 3.32. The van der Waals surface area contributed by atoms with E-state index in [4.69, 9.17) is 5.73 Å². The smallest absolute Gasteiger partial charge is 0.323 e. The van der Waals surface area contributed by atoms with E-state index in [-0.39, 0.29) is 18.4 Å². The Morgan fingerprint density at radius 2 is 2.36 bits per heavy atom. The number of thiophene rings is 1. The minimum absolute atomic E-state index is 0. The Morgan fingerprint density at radius 3 is 2.79 bits per heavy atom. The molecule has 1 unspecified atom stereocenters. The van der Waals surface area contributed by atoms with Crippen LogP contribution in [-0.2, 0) is 16.0 Å². The van der Waals surface area contributed by atoms with Gasteiger partial charge in [-0.15, -0.1) is 23.7 Å². The molecule has 1 heterocycles. The van der Waals surface area contributed by atoms with E-state index in [0.717, 1.165) is 8.66 Å². The monoisotopic (exact) mass is 299 g/mol. The zero-order valence-electron chi connectivity index (χ0n) is 7.53. The Labute approximate surface area is 101 Å². The Bertz CT molecular complexity index is 305. The molecule has 1 atom stereocenters. The van der Waals surface area contributed by atoms with Gasteiger partial charge in [-0.2, -0.15) is 0 Å². The van der Waals surface area contributed by atoms with Crippen molar-refractivity contribution < 1.29 is 9.53 Å². The van der Waals surface area contributed by atoms with Gasteiger partial charge in [-0.1, -0.05) is 0 Å². The molecule has 14 heavy (non-hydrogen) atoms. The summed E-state index contributed by atoms with van der Waals surface area (Å²) in [6.07, 6.45) is 0.531. The molecule has 6 heteroatoms. The zero-order valence-corrected chi connectivity index (χ0v) is 10.7. The second-order valence-corrected chi connectivity index (χ2v) is 5.09. The second-order valence-electron chi connectivity index (χ2n) is 2.54. The Hall–Kier alpha value is -0.100. The summed E-state index contributed by atoms with van der Waals surface area (Å²) in [5, 5.41) is 0. The summed E-state index contributed by atoms with van der Waals surface area (Å²) in [4.78, 5) is 12.0. The first kappa shape index (κ1) is 13.9. The molecule has 80 valence electrons. The van der Waals surface area contributed by atoms with Gasteiger partial charge in [-0.25, -0.2) is 0 Å². The fourth-order valence-electron chi connectivity index (χ4n) is 0.913. The van der Waals surface area contributed by atoms with E-state index < -0.39 is 6.04 Å². The van der Waals surface area contributed by atoms with Crippen LogP contribution in [-0.4, -0.2) is 19.1 Å². The summed E-state index contributed by atoms with van der Waals surface area (Å²) in [5.74, 6) is -0.371. The van der Waals surface area contributed by atoms with Crippen LogP contribution < -0.4 is 5.73 Å². The molecule has 1 rings (SSSR count). The number of rotatable bonds is 3. The first-order valence-electron chi connectivity index (χ1n) is 3.71. The van der Waals surface area contributed by atoms with Gasteiger partial charge in [0.1, 0.15) is 6.04 Å². The van der Waals surface area contributed by atoms with E-state index in [1.165, 1.54) is 7.11 Å². The zero-order chi connectivity index (χ0) is 9.84. The fraction of sp³-hybridized carbons (Fsp3) is 0.375. The van der Waals surface area contributed by atoms with Gasteiger partial charge in [0.15, 0.2) is 0 Å². The molecule has 0 saturated heterocycles. The molecule has 0 fully saturated rings. The van der Waals surface area contributed by atoms with E-state index in [2.05, 4.69) is 20.7 Å². The number of carbonyl (C=O) groups is 1. The second kappa shape index (κ2) is 6.40. The minimum Gasteiger partial charge on any atom is -0.468 e. The highest BCUT2D eigenvalue weighted by Gasteiger charge is 2.14. The molecule has 1 aromatic heterocycles. The van der Waals surface area contributed by atoms with E-state index in [0.29, 0.717) is 6.42 Å². The lowest BCUT2D eigenvalue weighted by Gasteiger charge is -2.06. The molecule has 0 aromatic carbocycles. The maximum absolute atomic E-state index is 11.0. The third-order valence-corrected chi connectivity index (χ3v) is 3.20. The van der Waals surface area contributed by atoms with Crippen LogP contribution >= 0.6 is 39.7 Å². The molecule has 0 aliphatic heterocycles. The Morgan fingerprint density at radius 1 is 1.71 bits per heavy atom. The molecular weight excluding hydrogens is 290 g/mol. The average molecular weight is 301 g/mol. The summed E-state index contributed by atoms with van der Waals surface area (Å²) in [7, 11) is 1.34. The molecule has 3 nitrogen and oxygen atoms in total. The van der Waals surface area contributed by atoms with E-state index in [9.17, 15) is 4.79 Å². The largest absolute Gasteiger partial charge is 0.468 e. The van der Waals surface area contributed by atoms with Crippen molar-refractivity contribution in [2.24, 2.45) is 5.73 Å². The quantitative estimate of drug-likeness (QED) is 0.869. The number of hydrogen-bond donors (Lipinski definition) is 1. The summed E-state index contributed by atoms with van der Waals surface area (Å²) in [5.41, 5.74) is 5.59. The van der Waals surface area contributed by atoms with Crippen molar-refractivity contribution in [3.05, 3.63) is 20.8 Å². The number of hydrogen-bond acceptors (Lipinski definition) is 4. The van der Waals surface area contributed by atoms with Gasteiger partial charge in [0, 0.05) is 11.3 Å². The lowest BCUT2D eigenvalue weighted by Crippen LogP contribution is -2.33.